The van der Waals surface area contributed by atoms with Gasteiger partial charge in [0.2, 0.25) is 0 Å². The van der Waals surface area contributed by atoms with Crippen LogP contribution < -0.4 is 0 Å². The molecule has 0 saturated heterocycles. The number of aromatic carboxylic acids is 1. The Kier molecular flexibility index (Phi) is 3.06. The molecule has 3 rings (SSSR count). The van der Waals surface area contributed by atoms with Crippen molar-refractivity contribution in [3.05, 3.63) is 57.9 Å². The number of benzene rings is 1. The van der Waals surface area contributed by atoms with Crippen LogP contribution in [0, 0.1) is 17.0 Å². The summed E-state index contributed by atoms with van der Waals surface area (Å²) in [6.07, 6.45) is 0. The van der Waals surface area contributed by atoms with Crippen LogP contribution in [0.5, 0.6) is 0 Å². The number of carboxylic acid groups (broad SMARTS) is 1. The standard InChI is InChI=1S/C14H10N4O4/c1-8-5-13-15-11(7-12(14(19)20)17(13)16-8)9-3-2-4-10(6-9)18(21)22/h2-7H,1H3,(H,19,20). The minimum atomic E-state index is -1.15. The number of carboxylic acids is 1. The van der Waals surface area contributed by atoms with Gasteiger partial charge in [-0.25, -0.2) is 14.3 Å². The highest BCUT2D eigenvalue weighted by Gasteiger charge is 2.16. The molecule has 2 heterocycles. The van der Waals surface area contributed by atoms with Crippen molar-refractivity contribution >= 4 is 17.3 Å². The number of aryl methyl sites for hydroxylation is 1. The van der Waals surface area contributed by atoms with Crippen molar-refractivity contribution < 1.29 is 14.8 Å². The number of nitro groups is 1. The van der Waals surface area contributed by atoms with Crippen LogP contribution in [0.4, 0.5) is 5.69 Å². The molecule has 0 aliphatic rings. The molecule has 0 amide bonds. The molecule has 0 fully saturated rings. The first-order valence-electron chi connectivity index (χ1n) is 6.31. The molecule has 3 aromatic rings. The fourth-order valence-electron chi connectivity index (χ4n) is 2.17. The Morgan fingerprint density at radius 3 is 2.77 bits per heavy atom. The second-order valence-corrected chi connectivity index (χ2v) is 4.69. The SMILES string of the molecule is Cc1cc2nc(-c3cccc([N+](=O)[O-])c3)cc(C(=O)O)n2n1. The maximum atomic E-state index is 11.4. The second kappa shape index (κ2) is 4.92. The van der Waals surface area contributed by atoms with Gasteiger partial charge in [0.05, 0.1) is 16.3 Å². The summed E-state index contributed by atoms with van der Waals surface area (Å²) in [5.74, 6) is -1.15. The molecule has 0 unspecified atom stereocenters. The van der Waals surface area contributed by atoms with Crippen LogP contribution >= 0.6 is 0 Å². The monoisotopic (exact) mass is 298 g/mol. The Balaban J connectivity index is 2.25. The van der Waals surface area contributed by atoms with Crippen molar-refractivity contribution in [2.75, 3.05) is 0 Å². The molecular formula is C14H10N4O4. The van der Waals surface area contributed by atoms with E-state index in [-0.39, 0.29) is 11.4 Å². The summed E-state index contributed by atoms with van der Waals surface area (Å²) in [6.45, 7) is 1.73. The number of aromatic nitrogens is 3. The molecule has 0 aliphatic heterocycles. The summed E-state index contributed by atoms with van der Waals surface area (Å²) in [4.78, 5) is 26.1. The predicted octanol–water partition coefficient (Wildman–Crippen LogP) is 2.31. The average Bonchev–Trinajstić information content (AvgIpc) is 2.86. The molecule has 1 aromatic carbocycles. The van der Waals surface area contributed by atoms with E-state index in [9.17, 15) is 20.0 Å². The molecule has 0 aliphatic carbocycles. The van der Waals surface area contributed by atoms with Crippen molar-refractivity contribution in [1.82, 2.24) is 14.6 Å². The van der Waals surface area contributed by atoms with Gasteiger partial charge >= 0.3 is 5.97 Å². The normalized spacial score (nSPS) is 10.8. The number of fused-ring (bicyclic) bond motifs is 1. The van der Waals surface area contributed by atoms with Gasteiger partial charge in [0.1, 0.15) is 0 Å². The molecule has 1 N–H and O–H groups in total. The van der Waals surface area contributed by atoms with Crippen LogP contribution in [-0.2, 0) is 0 Å². The van der Waals surface area contributed by atoms with E-state index in [1.807, 2.05) is 0 Å². The summed E-state index contributed by atoms with van der Waals surface area (Å²) in [5.41, 5.74) is 1.68. The lowest BCUT2D eigenvalue weighted by molar-refractivity contribution is -0.384. The maximum absolute atomic E-state index is 11.4. The van der Waals surface area contributed by atoms with Gasteiger partial charge in [-0.1, -0.05) is 12.1 Å². The number of rotatable bonds is 3. The third-order valence-corrected chi connectivity index (χ3v) is 3.12. The number of carbonyl (C=O) groups is 1. The summed E-state index contributed by atoms with van der Waals surface area (Å²) in [6, 6.07) is 8.88. The Morgan fingerprint density at radius 1 is 1.32 bits per heavy atom. The molecule has 0 atom stereocenters. The zero-order valence-electron chi connectivity index (χ0n) is 11.4. The molecule has 0 spiro atoms. The number of nitro benzene ring substituents is 1. The smallest absolute Gasteiger partial charge is 0.354 e. The van der Waals surface area contributed by atoms with Crippen LogP contribution in [0.15, 0.2) is 36.4 Å². The first kappa shape index (κ1) is 13.7. The Hall–Kier alpha value is -3.29. The molecule has 0 bridgehead atoms. The van der Waals surface area contributed by atoms with Gasteiger partial charge in [0, 0.05) is 23.8 Å². The zero-order chi connectivity index (χ0) is 15.9. The molecule has 2 aromatic heterocycles. The molecular weight excluding hydrogens is 288 g/mol. The van der Waals surface area contributed by atoms with Crippen LogP contribution in [0.1, 0.15) is 16.2 Å². The summed E-state index contributed by atoms with van der Waals surface area (Å²) in [5, 5.41) is 24.2. The quantitative estimate of drug-likeness (QED) is 0.586. The minimum absolute atomic E-state index is 0.0559. The van der Waals surface area contributed by atoms with Crippen molar-refractivity contribution in [2.45, 2.75) is 6.92 Å². The van der Waals surface area contributed by atoms with Gasteiger partial charge in [-0.15, -0.1) is 0 Å². The first-order chi connectivity index (χ1) is 10.5. The number of nitrogens with zero attached hydrogens (tertiary/aromatic N) is 4. The number of hydrogen-bond donors (Lipinski definition) is 1. The third-order valence-electron chi connectivity index (χ3n) is 3.12. The van der Waals surface area contributed by atoms with E-state index in [0.717, 1.165) is 0 Å². The van der Waals surface area contributed by atoms with Gasteiger partial charge in [0.15, 0.2) is 11.3 Å². The fraction of sp³-hybridized carbons (Fsp3) is 0.0714. The molecule has 0 radical (unpaired) electrons. The van der Waals surface area contributed by atoms with Crippen LogP contribution in [-0.4, -0.2) is 30.6 Å². The summed E-state index contributed by atoms with van der Waals surface area (Å²) >= 11 is 0. The predicted molar refractivity (Wildman–Crippen MR) is 76.8 cm³/mol. The largest absolute Gasteiger partial charge is 0.477 e. The highest BCUT2D eigenvalue weighted by atomic mass is 16.6. The minimum Gasteiger partial charge on any atom is -0.477 e. The molecule has 22 heavy (non-hydrogen) atoms. The van der Waals surface area contributed by atoms with E-state index in [1.54, 1.807) is 19.1 Å². The van der Waals surface area contributed by atoms with E-state index >= 15 is 0 Å². The van der Waals surface area contributed by atoms with Crippen molar-refractivity contribution in [1.29, 1.82) is 0 Å². The van der Waals surface area contributed by atoms with Gasteiger partial charge in [0.25, 0.3) is 5.69 Å². The van der Waals surface area contributed by atoms with Gasteiger partial charge in [-0.2, -0.15) is 5.10 Å². The summed E-state index contributed by atoms with van der Waals surface area (Å²) < 4.78 is 1.23. The van der Waals surface area contributed by atoms with Crippen LogP contribution in [0.2, 0.25) is 0 Å². The zero-order valence-corrected chi connectivity index (χ0v) is 11.4. The van der Waals surface area contributed by atoms with Crippen molar-refractivity contribution in [2.24, 2.45) is 0 Å². The highest BCUT2D eigenvalue weighted by Crippen LogP contribution is 2.24. The molecule has 8 nitrogen and oxygen atoms in total. The lowest BCUT2D eigenvalue weighted by atomic mass is 10.1. The van der Waals surface area contributed by atoms with Crippen molar-refractivity contribution in [3.63, 3.8) is 0 Å². The lowest BCUT2D eigenvalue weighted by Crippen LogP contribution is -2.08. The van der Waals surface area contributed by atoms with Crippen molar-refractivity contribution in [3.8, 4) is 11.3 Å². The summed E-state index contributed by atoms with van der Waals surface area (Å²) in [7, 11) is 0. The van der Waals surface area contributed by atoms with E-state index in [4.69, 9.17) is 0 Å². The second-order valence-electron chi connectivity index (χ2n) is 4.69. The first-order valence-corrected chi connectivity index (χ1v) is 6.31. The Morgan fingerprint density at radius 2 is 2.09 bits per heavy atom. The van der Waals surface area contributed by atoms with E-state index in [1.165, 1.54) is 28.8 Å². The Bertz CT molecular complexity index is 916. The fourth-order valence-corrected chi connectivity index (χ4v) is 2.17. The van der Waals surface area contributed by atoms with Gasteiger partial charge in [-0.3, -0.25) is 10.1 Å². The Labute approximate surface area is 123 Å². The lowest BCUT2D eigenvalue weighted by Gasteiger charge is -2.05. The highest BCUT2D eigenvalue weighted by molar-refractivity contribution is 5.88. The van der Waals surface area contributed by atoms with Gasteiger partial charge in [-0.05, 0) is 13.0 Å². The molecule has 110 valence electrons. The topological polar surface area (TPSA) is 111 Å². The third kappa shape index (κ3) is 2.26. The number of hydrogen-bond acceptors (Lipinski definition) is 5. The van der Waals surface area contributed by atoms with Gasteiger partial charge < -0.3 is 5.11 Å². The average molecular weight is 298 g/mol. The van der Waals surface area contributed by atoms with E-state index in [0.29, 0.717) is 22.6 Å². The molecule has 0 saturated carbocycles. The van der Waals surface area contributed by atoms with Crippen LogP contribution in [0.25, 0.3) is 16.9 Å². The van der Waals surface area contributed by atoms with Crippen LogP contribution in [0.3, 0.4) is 0 Å². The number of non-ortho nitro benzene ring substituents is 1. The molecule has 8 heteroatoms. The maximum Gasteiger partial charge on any atom is 0.354 e. The van der Waals surface area contributed by atoms with E-state index < -0.39 is 10.9 Å². The van der Waals surface area contributed by atoms with E-state index in [2.05, 4.69) is 10.1 Å².